The monoisotopic (exact) mass is 487 g/mol. The molecular weight excluding hydrogens is 450 g/mol. The van der Waals surface area contributed by atoms with Crippen LogP contribution >= 0.6 is 0 Å². The van der Waals surface area contributed by atoms with E-state index in [1.54, 1.807) is 6.33 Å². The van der Waals surface area contributed by atoms with Crippen LogP contribution in [-0.2, 0) is 6.54 Å². The Morgan fingerprint density at radius 3 is 2.53 bits per heavy atom. The van der Waals surface area contributed by atoms with Crippen molar-refractivity contribution < 1.29 is 9.90 Å². The van der Waals surface area contributed by atoms with Crippen molar-refractivity contribution in [1.29, 1.82) is 0 Å². The van der Waals surface area contributed by atoms with Crippen LogP contribution in [0.15, 0.2) is 67.0 Å². The van der Waals surface area contributed by atoms with Crippen LogP contribution in [0, 0.1) is 0 Å². The van der Waals surface area contributed by atoms with Gasteiger partial charge in [0.25, 0.3) is 5.91 Å². The minimum absolute atomic E-state index is 0.0329. The molecule has 1 atom stereocenters. The van der Waals surface area contributed by atoms with Crippen LogP contribution in [0.2, 0.25) is 0 Å². The molecule has 1 aliphatic carbocycles. The molecular formula is C29H37N5O2. The third-order valence-electron chi connectivity index (χ3n) is 7.53. The number of hydrogen-bond donors (Lipinski definition) is 3. The van der Waals surface area contributed by atoms with E-state index in [4.69, 9.17) is 0 Å². The van der Waals surface area contributed by atoms with Gasteiger partial charge in [0.05, 0.1) is 24.2 Å². The summed E-state index contributed by atoms with van der Waals surface area (Å²) in [6.07, 6.45) is 7.41. The summed E-state index contributed by atoms with van der Waals surface area (Å²) in [5.41, 5.74) is 2.58. The Kier molecular flexibility index (Phi) is 7.68. The minimum Gasteiger partial charge on any atom is -0.388 e. The van der Waals surface area contributed by atoms with Gasteiger partial charge in [-0.15, -0.1) is 0 Å². The van der Waals surface area contributed by atoms with Crippen LogP contribution < -0.4 is 10.6 Å². The van der Waals surface area contributed by atoms with Crippen LogP contribution in [0.1, 0.15) is 49.0 Å². The van der Waals surface area contributed by atoms with Gasteiger partial charge in [0.2, 0.25) is 0 Å². The topological polar surface area (TPSA) is 82.4 Å². The van der Waals surface area contributed by atoms with E-state index in [0.717, 1.165) is 68.7 Å². The first-order valence-corrected chi connectivity index (χ1v) is 13.3. The summed E-state index contributed by atoms with van der Waals surface area (Å²) in [5, 5.41) is 18.2. The quantitative estimate of drug-likeness (QED) is 0.444. The average Bonchev–Trinajstić information content (AvgIpc) is 3.33. The molecule has 190 valence electrons. The molecule has 0 spiro atoms. The van der Waals surface area contributed by atoms with Crippen LogP contribution in [0.3, 0.4) is 0 Å². The summed E-state index contributed by atoms with van der Waals surface area (Å²) in [6.45, 7) is 3.44. The second kappa shape index (κ2) is 11.3. The molecule has 7 heteroatoms. The van der Waals surface area contributed by atoms with Gasteiger partial charge in [-0.25, -0.2) is 4.98 Å². The molecule has 0 bridgehead atoms. The van der Waals surface area contributed by atoms with Gasteiger partial charge in [0.1, 0.15) is 0 Å². The fraction of sp³-hybridized carbons (Fsp3) is 0.448. The number of hydrogen-bond acceptors (Lipinski definition) is 5. The molecule has 1 saturated heterocycles. The van der Waals surface area contributed by atoms with Crippen molar-refractivity contribution in [3.05, 3.63) is 72.7 Å². The van der Waals surface area contributed by atoms with Crippen LogP contribution in [0.25, 0.3) is 11.3 Å². The van der Waals surface area contributed by atoms with E-state index in [0.29, 0.717) is 18.8 Å². The molecule has 3 aromatic rings. The normalized spacial score (nSPS) is 19.7. The van der Waals surface area contributed by atoms with Gasteiger partial charge in [-0.2, -0.15) is 0 Å². The summed E-state index contributed by atoms with van der Waals surface area (Å²) in [7, 11) is 0. The third kappa shape index (κ3) is 5.63. The van der Waals surface area contributed by atoms with Crippen molar-refractivity contribution in [3.8, 4) is 11.3 Å². The van der Waals surface area contributed by atoms with E-state index in [1.807, 2.05) is 58.0 Å². The lowest BCUT2D eigenvalue weighted by Gasteiger charge is -2.36. The summed E-state index contributed by atoms with van der Waals surface area (Å²) < 4.78 is 2.00. The van der Waals surface area contributed by atoms with Crippen molar-refractivity contribution in [2.24, 2.45) is 0 Å². The number of rotatable bonds is 8. The second-order valence-corrected chi connectivity index (χ2v) is 10.2. The van der Waals surface area contributed by atoms with E-state index < -0.39 is 5.60 Å². The Morgan fingerprint density at radius 2 is 1.78 bits per heavy atom. The van der Waals surface area contributed by atoms with Crippen molar-refractivity contribution in [1.82, 2.24) is 19.8 Å². The number of nitrogens with zero attached hydrogens (tertiary/aromatic N) is 3. The second-order valence-electron chi connectivity index (χ2n) is 10.2. The molecule has 2 fully saturated rings. The summed E-state index contributed by atoms with van der Waals surface area (Å²) in [4.78, 5) is 20.6. The Labute approximate surface area is 213 Å². The maximum absolute atomic E-state index is 14.0. The van der Waals surface area contributed by atoms with E-state index in [9.17, 15) is 9.90 Å². The Morgan fingerprint density at radius 1 is 1.06 bits per heavy atom. The molecule has 1 saturated carbocycles. The number of piperazine rings is 1. The summed E-state index contributed by atoms with van der Waals surface area (Å²) in [6, 6.07) is 20.2. The van der Waals surface area contributed by atoms with Crippen molar-refractivity contribution in [3.63, 3.8) is 0 Å². The Balaban J connectivity index is 1.38. The van der Waals surface area contributed by atoms with E-state index in [2.05, 4.69) is 27.8 Å². The maximum Gasteiger partial charge on any atom is 0.275 e. The number of amides is 1. The molecule has 2 aromatic carbocycles. The van der Waals surface area contributed by atoms with Gasteiger partial charge in [-0.3, -0.25) is 4.79 Å². The molecule has 0 radical (unpaired) electrons. The lowest BCUT2D eigenvalue weighted by atomic mass is 9.84. The highest BCUT2D eigenvalue weighted by Gasteiger charge is 2.34. The Bertz CT molecular complexity index is 1130. The van der Waals surface area contributed by atoms with Gasteiger partial charge in [-0.05, 0) is 31.4 Å². The highest BCUT2D eigenvalue weighted by Crippen LogP contribution is 2.33. The molecule has 2 aliphatic rings. The van der Waals surface area contributed by atoms with E-state index in [1.165, 1.54) is 6.42 Å². The SMILES string of the molecule is O=C(c1ncn(CC2(O)CCCCC2)c1-c1ccccc1)N1CCNC[C@H]1CCNc1ccccc1. The van der Waals surface area contributed by atoms with Crippen molar-refractivity contribution in [2.75, 3.05) is 31.5 Å². The number of benzene rings is 2. The molecule has 1 aromatic heterocycles. The zero-order valence-corrected chi connectivity index (χ0v) is 20.9. The third-order valence-corrected chi connectivity index (χ3v) is 7.53. The largest absolute Gasteiger partial charge is 0.388 e. The first-order chi connectivity index (χ1) is 17.6. The Hall–Kier alpha value is -3.16. The van der Waals surface area contributed by atoms with Crippen LogP contribution in [0.4, 0.5) is 5.69 Å². The standard InChI is InChI=1S/C29H37N5O2/c35-28(34-19-18-30-20-25(34)14-17-31-24-12-6-2-7-13-24)26-27(23-10-4-1-5-11-23)33(22-32-26)21-29(36)15-8-3-9-16-29/h1-2,4-7,10-13,22,25,30-31,36H,3,8-9,14-21H2/t25-/m1/s1. The van der Waals surface area contributed by atoms with Crippen molar-refractivity contribution >= 4 is 11.6 Å². The van der Waals surface area contributed by atoms with Gasteiger partial charge < -0.3 is 25.2 Å². The fourth-order valence-electron chi connectivity index (χ4n) is 5.60. The number of para-hydroxylation sites is 1. The molecule has 1 aliphatic heterocycles. The number of aromatic nitrogens is 2. The maximum atomic E-state index is 14.0. The summed E-state index contributed by atoms with van der Waals surface area (Å²) in [5.74, 6) is -0.0329. The molecule has 1 amide bonds. The number of aliphatic hydroxyl groups is 1. The average molecular weight is 488 g/mol. The highest BCUT2D eigenvalue weighted by atomic mass is 16.3. The van der Waals surface area contributed by atoms with E-state index >= 15 is 0 Å². The molecule has 5 rings (SSSR count). The molecule has 7 nitrogen and oxygen atoms in total. The van der Waals surface area contributed by atoms with Crippen LogP contribution in [0.5, 0.6) is 0 Å². The summed E-state index contributed by atoms with van der Waals surface area (Å²) >= 11 is 0. The lowest BCUT2D eigenvalue weighted by molar-refractivity contribution is -0.0111. The number of imidazole rings is 1. The molecule has 36 heavy (non-hydrogen) atoms. The predicted octanol–water partition coefficient (Wildman–Crippen LogP) is 4.16. The fourth-order valence-corrected chi connectivity index (χ4v) is 5.60. The zero-order chi connectivity index (χ0) is 24.8. The smallest absolute Gasteiger partial charge is 0.275 e. The number of carbonyl (C=O) groups excluding carboxylic acids is 1. The predicted molar refractivity (Wildman–Crippen MR) is 143 cm³/mol. The van der Waals surface area contributed by atoms with E-state index in [-0.39, 0.29) is 11.9 Å². The first kappa shape index (κ1) is 24.5. The lowest BCUT2D eigenvalue weighted by Crippen LogP contribution is -2.54. The zero-order valence-electron chi connectivity index (χ0n) is 20.9. The highest BCUT2D eigenvalue weighted by molar-refractivity contribution is 5.98. The first-order valence-electron chi connectivity index (χ1n) is 13.3. The molecule has 0 unspecified atom stereocenters. The molecule has 2 heterocycles. The number of carbonyl (C=O) groups is 1. The van der Waals surface area contributed by atoms with Gasteiger partial charge in [0.15, 0.2) is 5.69 Å². The minimum atomic E-state index is -0.747. The molecule has 3 N–H and O–H groups in total. The number of anilines is 1. The van der Waals surface area contributed by atoms with Crippen LogP contribution in [-0.4, -0.2) is 63.3 Å². The van der Waals surface area contributed by atoms with Gasteiger partial charge in [0, 0.05) is 43.5 Å². The number of nitrogens with one attached hydrogen (secondary N) is 2. The van der Waals surface area contributed by atoms with Gasteiger partial charge >= 0.3 is 0 Å². The van der Waals surface area contributed by atoms with Gasteiger partial charge in [-0.1, -0.05) is 67.8 Å². The van der Waals surface area contributed by atoms with Crippen molar-refractivity contribution in [2.45, 2.75) is 56.7 Å².